The van der Waals surface area contributed by atoms with Gasteiger partial charge in [-0.15, -0.1) is 0 Å². The zero-order valence-corrected chi connectivity index (χ0v) is 15.0. The Balaban J connectivity index is 2.04. The van der Waals surface area contributed by atoms with Gasteiger partial charge in [0, 0.05) is 25.4 Å². The fourth-order valence-corrected chi connectivity index (χ4v) is 2.15. The number of rotatable bonds is 8. The zero-order chi connectivity index (χ0) is 18.2. The Hall–Kier alpha value is -2.80. The molecule has 0 saturated heterocycles. The fourth-order valence-electron chi connectivity index (χ4n) is 2.15. The highest BCUT2D eigenvalue weighted by atomic mass is 16.5. The van der Waals surface area contributed by atoms with E-state index in [9.17, 15) is 4.79 Å². The molecule has 7 heteroatoms. The third-order valence-electron chi connectivity index (χ3n) is 3.54. The van der Waals surface area contributed by atoms with Gasteiger partial charge in [-0.05, 0) is 38.4 Å². The Morgan fingerprint density at radius 3 is 2.56 bits per heavy atom. The van der Waals surface area contributed by atoms with E-state index in [1.54, 1.807) is 32.5 Å². The first-order valence-electron chi connectivity index (χ1n) is 7.91. The molecule has 0 atom stereocenters. The van der Waals surface area contributed by atoms with E-state index in [2.05, 4.69) is 15.6 Å². The SMILES string of the molecule is COc1ccc(OC)c(Nc2ccc(C(=O)NCCN(C)C)cn2)c1. The van der Waals surface area contributed by atoms with Gasteiger partial charge in [-0.3, -0.25) is 4.79 Å². The lowest BCUT2D eigenvalue weighted by atomic mass is 10.2. The van der Waals surface area contributed by atoms with Crippen molar-refractivity contribution < 1.29 is 14.3 Å². The Bertz CT molecular complexity index is 702. The van der Waals surface area contributed by atoms with Crippen molar-refractivity contribution >= 4 is 17.4 Å². The van der Waals surface area contributed by atoms with Crippen LogP contribution in [0.3, 0.4) is 0 Å². The number of hydrogen-bond donors (Lipinski definition) is 2. The summed E-state index contributed by atoms with van der Waals surface area (Å²) >= 11 is 0. The highest BCUT2D eigenvalue weighted by Gasteiger charge is 2.08. The van der Waals surface area contributed by atoms with Crippen molar-refractivity contribution in [3.8, 4) is 11.5 Å². The first-order valence-corrected chi connectivity index (χ1v) is 7.91. The molecule has 1 aromatic heterocycles. The molecule has 134 valence electrons. The van der Waals surface area contributed by atoms with Crippen LogP contribution in [0.2, 0.25) is 0 Å². The number of hydrogen-bond acceptors (Lipinski definition) is 6. The molecule has 2 N–H and O–H groups in total. The first kappa shape index (κ1) is 18.5. The predicted molar refractivity (Wildman–Crippen MR) is 98.0 cm³/mol. The summed E-state index contributed by atoms with van der Waals surface area (Å²) in [5, 5.41) is 6.02. The van der Waals surface area contributed by atoms with E-state index in [1.165, 1.54) is 0 Å². The molecule has 0 unspecified atom stereocenters. The number of amides is 1. The summed E-state index contributed by atoms with van der Waals surface area (Å²) in [7, 11) is 7.12. The quantitative estimate of drug-likeness (QED) is 0.764. The molecular weight excluding hydrogens is 320 g/mol. The second-order valence-electron chi connectivity index (χ2n) is 5.68. The van der Waals surface area contributed by atoms with Gasteiger partial charge < -0.3 is 25.0 Å². The van der Waals surface area contributed by atoms with Gasteiger partial charge in [-0.25, -0.2) is 4.98 Å². The van der Waals surface area contributed by atoms with Crippen molar-refractivity contribution in [2.75, 3.05) is 46.7 Å². The number of anilines is 2. The molecule has 0 fully saturated rings. The van der Waals surface area contributed by atoms with Crippen molar-refractivity contribution in [3.05, 3.63) is 42.1 Å². The van der Waals surface area contributed by atoms with Crippen LogP contribution in [-0.4, -0.2) is 57.2 Å². The lowest BCUT2D eigenvalue weighted by Gasteiger charge is -2.13. The van der Waals surface area contributed by atoms with Crippen LogP contribution in [0.15, 0.2) is 36.5 Å². The molecule has 7 nitrogen and oxygen atoms in total. The molecule has 0 bridgehead atoms. The minimum absolute atomic E-state index is 0.139. The molecule has 2 rings (SSSR count). The zero-order valence-electron chi connectivity index (χ0n) is 15.0. The summed E-state index contributed by atoms with van der Waals surface area (Å²) in [6.07, 6.45) is 1.54. The molecule has 1 amide bonds. The number of ether oxygens (including phenoxy) is 2. The van der Waals surface area contributed by atoms with Gasteiger partial charge >= 0.3 is 0 Å². The number of aromatic nitrogens is 1. The minimum atomic E-state index is -0.139. The van der Waals surface area contributed by atoms with Gasteiger partial charge in [0.1, 0.15) is 17.3 Å². The standard InChI is InChI=1S/C18H24N4O3/c1-22(2)10-9-19-18(23)13-5-8-17(20-12-13)21-15-11-14(24-3)6-7-16(15)25-4/h5-8,11-12H,9-10H2,1-4H3,(H,19,23)(H,20,21). The Labute approximate surface area is 148 Å². The first-order chi connectivity index (χ1) is 12.0. The Morgan fingerprint density at radius 2 is 1.96 bits per heavy atom. The van der Waals surface area contributed by atoms with Gasteiger partial charge in [0.25, 0.3) is 5.91 Å². The number of carbonyl (C=O) groups is 1. The average molecular weight is 344 g/mol. The molecule has 0 aliphatic heterocycles. The maximum Gasteiger partial charge on any atom is 0.252 e. The molecule has 0 aliphatic carbocycles. The third-order valence-corrected chi connectivity index (χ3v) is 3.54. The van der Waals surface area contributed by atoms with Crippen LogP contribution in [0.1, 0.15) is 10.4 Å². The Morgan fingerprint density at radius 1 is 1.16 bits per heavy atom. The van der Waals surface area contributed by atoms with E-state index in [4.69, 9.17) is 9.47 Å². The monoisotopic (exact) mass is 344 g/mol. The van der Waals surface area contributed by atoms with Gasteiger partial charge in [-0.1, -0.05) is 0 Å². The number of carbonyl (C=O) groups excluding carboxylic acids is 1. The molecule has 25 heavy (non-hydrogen) atoms. The molecular formula is C18H24N4O3. The topological polar surface area (TPSA) is 75.7 Å². The maximum absolute atomic E-state index is 12.1. The molecule has 0 aliphatic rings. The third kappa shape index (κ3) is 5.36. The molecule has 0 saturated carbocycles. The number of pyridine rings is 1. The number of benzene rings is 1. The molecule has 2 aromatic rings. The van der Waals surface area contributed by atoms with Crippen molar-refractivity contribution in [1.29, 1.82) is 0 Å². The summed E-state index contributed by atoms with van der Waals surface area (Å²) < 4.78 is 10.6. The lowest BCUT2D eigenvalue weighted by molar-refractivity contribution is 0.0950. The second-order valence-corrected chi connectivity index (χ2v) is 5.68. The highest BCUT2D eigenvalue weighted by molar-refractivity contribution is 5.94. The van der Waals surface area contributed by atoms with Crippen molar-refractivity contribution in [1.82, 2.24) is 15.2 Å². The van der Waals surface area contributed by atoms with Crippen molar-refractivity contribution in [2.24, 2.45) is 0 Å². The maximum atomic E-state index is 12.1. The summed E-state index contributed by atoms with van der Waals surface area (Å²) in [5.74, 6) is 1.85. The predicted octanol–water partition coefficient (Wildman–Crippen LogP) is 2.13. The van der Waals surface area contributed by atoms with E-state index in [0.717, 1.165) is 12.2 Å². The minimum Gasteiger partial charge on any atom is -0.497 e. The fraction of sp³-hybridized carbons (Fsp3) is 0.333. The van der Waals surface area contributed by atoms with E-state index in [1.807, 2.05) is 37.2 Å². The van der Waals surface area contributed by atoms with Crippen molar-refractivity contribution in [3.63, 3.8) is 0 Å². The van der Waals surface area contributed by atoms with Gasteiger partial charge in [0.05, 0.1) is 25.5 Å². The van der Waals surface area contributed by atoms with E-state index >= 15 is 0 Å². The average Bonchev–Trinajstić information content (AvgIpc) is 2.61. The van der Waals surface area contributed by atoms with Crippen LogP contribution < -0.4 is 20.1 Å². The number of nitrogens with one attached hydrogen (secondary N) is 2. The summed E-state index contributed by atoms with van der Waals surface area (Å²) in [4.78, 5) is 18.4. The van der Waals surface area contributed by atoms with Gasteiger partial charge in [0.15, 0.2) is 0 Å². The summed E-state index contributed by atoms with van der Waals surface area (Å²) in [5.41, 5.74) is 1.25. The number of nitrogens with zero attached hydrogens (tertiary/aromatic N) is 2. The summed E-state index contributed by atoms with van der Waals surface area (Å²) in [6, 6.07) is 8.93. The molecule has 0 spiro atoms. The van der Waals surface area contributed by atoms with Gasteiger partial charge in [0.2, 0.25) is 0 Å². The van der Waals surface area contributed by atoms with Crippen LogP contribution >= 0.6 is 0 Å². The largest absolute Gasteiger partial charge is 0.497 e. The van der Waals surface area contributed by atoms with E-state index < -0.39 is 0 Å². The molecule has 0 radical (unpaired) electrons. The van der Waals surface area contributed by atoms with E-state index in [0.29, 0.717) is 29.4 Å². The molecule has 1 heterocycles. The van der Waals surface area contributed by atoms with Gasteiger partial charge in [-0.2, -0.15) is 0 Å². The summed E-state index contributed by atoms with van der Waals surface area (Å²) in [6.45, 7) is 1.38. The highest BCUT2D eigenvalue weighted by Crippen LogP contribution is 2.30. The van der Waals surface area contributed by atoms with Crippen LogP contribution in [0.4, 0.5) is 11.5 Å². The number of methoxy groups -OCH3 is 2. The van der Waals surface area contributed by atoms with E-state index in [-0.39, 0.29) is 5.91 Å². The smallest absolute Gasteiger partial charge is 0.252 e. The molecule has 1 aromatic carbocycles. The van der Waals surface area contributed by atoms with Crippen LogP contribution in [0, 0.1) is 0 Å². The Kier molecular flexibility index (Phi) is 6.59. The normalized spacial score (nSPS) is 10.4. The second kappa shape index (κ2) is 8.89. The van der Waals surface area contributed by atoms with Crippen LogP contribution in [-0.2, 0) is 0 Å². The number of likely N-dealkylation sites (N-methyl/N-ethyl adjacent to an activating group) is 1. The van der Waals surface area contributed by atoms with Crippen LogP contribution in [0.25, 0.3) is 0 Å². The van der Waals surface area contributed by atoms with Crippen LogP contribution in [0.5, 0.6) is 11.5 Å². The van der Waals surface area contributed by atoms with Crippen molar-refractivity contribution in [2.45, 2.75) is 0 Å². The lowest BCUT2D eigenvalue weighted by Crippen LogP contribution is -2.31.